The Morgan fingerprint density at radius 2 is 1.93 bits per heavy atom. The molecule has 148 valence electrons. The summed E-state index contributed by atoms with van der Waals surface area (Å²) in [6.45, 7) is 0.656. The predicted molar refractivity (Wildman–Crippen MR) is 110 cm³/mol. The monoisotopic (exact) mass is 427 g/mol. The summed E-state index contributed by atoms with van der Waals surface area (Å²) in [4.78, 5) is 17.5. The van der Waals surface area contributed by atoms with E-state index in [2.05, 4.69) is 0 Å². The molecule has 4 aromatic rings. The Hall–Kier alpha value is -2.75. The Labute approximate surface area is 170 Å². The number of hydrogen-bond acceptors (Lipinski definition) is 6. The number of nitrogens with zero attached hydrogens (tertiary/aromatic N) is 3. The number of thiazole rings is 1. The molecule has 0 unspecified atom stereocenters. The van der Waals surface area contributed by atoms with Gasteiger partial charge in [-0.05, 0) is 12.1 Å². The molecule has 0 atom stereocenters. The molecule has 9 heteroatoms. The number of aryl methyl sites for hydroxylation is 1. The minimum absolute atomic E-state index is 0.121. The van der Waals surface area contributed by atoms with E-state index >= 15 is 0 Å². The van der Waals surface area contributed by atoms with Gasteiger partial charge in [0.15, 0.2) is 5.58 Å². The van der Waals surface area contributed by atoms with Gasteiger partial charge in [-0.3, -0.25) is 4.57 Å². The smallest absolute Gasteiger partial charge is 0.408 e. The SMILES string of the molecule is Cn1c(=O)oc2cc(S(=O)(=O)N3CCc4nc(-c5ccccc5)sc4C3)ccc21. The van der Waals surface area contributed by atoms with Gasteiger partial charge in [0.1, 0.15) is 5.01 Å². The van der Waals surface area contributed by atoms with Crippen LogP contribution >= 0.6 is 11.3 Å². The van der Waals surface area contributed by atoms with E-state index in [4.69, 9.17) is 9.40 Å². The molecule has 0 amide bonds. The minimum Gasteiger partial charge on any atom is -0.408 e. The third-order valence-corrected chi connectivity index (χ3v) is 8.09. The summed E-state index contributed by atoms with van der Waals surface area (Å²) in [6, 6.07) is 14.4. The maximum atomic E-state index is 13.2. The summed E-state index contributed by atoms with van der Waals surface area (Å²) in [5.74, 6) is -0.518. The Morgan fingerprint density at radius 1 is 1.14 bits per heavy atom. The molecule has 0 saturated heterocycles. The van der Waals surface area contributed by atoms with Crippen LogP contribution in [0.25, 0.3) is 21.7 Å². The van der Waals surface area contributed by atoms with Crippen LogP contribution in [0.5, 0.6) is 0 Å². The van der Waals surface area contributed by atoms with Gasteiger partial charge in [0.05, 0.1) is 22.7 Å². The topological polar surface area (TPSA) is 85.4 Å². The number of benzene rings is 2. The number of hydrogen-bond donors (Lipinski definition) is 0. The molecular weight excluding hydrogens is 410 g/mol. The molecule has 0 N–H and O–H groups in total. The zero-order chi connectivity index (χ0) is 20.2. The average molecular weight is 428 g/mol. The van der Waals surface area contributed by atoms with Gasteiger partial charge in [-0.1, -0.05) is 30.3 Å². The highest BCUT2D eigenvalue weighted by Gasteiger charge is 2.31. The molecule has 0 bridgehead atoms. The first kappa shape index (κ1) is 18.3. The van der Waals surface area contributed by atoms with E-state index in [0.29, 0.717) is 25.0 Å². The van der Waals surface area contributed by atoms with Crippen molar-refractivity contribution in [1.82, 2.24) is 13.9 Å². The predicted octanol–water partition coefficient (Wildman–Crippen LogP) is 3.00. The van der Waals surface area contributed by atoms with Crippen molar-refractivity contribution in [2.24, 2.45) is 7.05 Å². The summed E-state index contributed by atoms with van der Waals surface area (Å²) < 4.78 is 34.3. The molecule has 2 aromatic carbocycles. The molecule has 1 aliphatic rings. The zero-order valence-corrected chi connectivity index (χ0v) is 17.2. The van der Waals surface area contributed by atoms with Crippen LogP contribution in [0.1, 0.15) is 10.6 Å². The standard InChI is InChI=1S/C20H17N3O4S2/c1-22-16-8-7-14(11-17(16)27-20(22)24)29(25,26)23-10-9-15-18(12-23)28-19(21-15)13-5-3-2-4-6-13/h2-8,11H,9-10,12H2,1H3. The van der Waals surface area contributed by atoms with Gasteiger partial charge in [-0.25, -0.2) is 18.2 Å². The lowest BCUT2D eigenvalue weighted by molar-refractivity contribution is 0.393. The summed E-state index contributed by atoms with van der Waals surface area (Å²) >= 11 is 1.53. The highest BCUT2D eigenvalue weighted by Crippen LogP contribution is 2.33. The quantitative estimate of drug-likeness (QED) is 0.502. The van der Waals surface area contributed by atoms with Crippen LogP contribution in [-0.2, 0) is 30.0 Å². The van der Waals surface area contributed by atoms with E-state index in [0.717, 1.165) is 21.1 Å². The van der Waals surface area contributed by atoms with Crippen LogP contribution < -0.4 is 5.76 Å². The normalized spacial score (nSPS) is 14.9. The third kappa shape index (κ3) is 3.02. The lowest BCUT2D eigenvalue weighted by atomic mass is 10.2. The van der Waals surface area contributed by atoms with Crippen LogP contribution in [0.4, 0.5) is 0 Å². The number of sulfonamides is 1. The van der Waals surface area contributed by atoms with Gasteiger partial charge >= 0.3 is 5.76 Å². The summed E-state index contributed by atoms with van der Waals surface area (Å²) in [6.07, 6.45) is 0.570. The summed E-state index contributed by atoms with van der Waals surface area (Å²) in [5.41, 5.74) is 2.82. The first-order valence-electron chi connectivity index (χ1n) is 9.07. The Kier molecular flexibility index (Phi) is 4.19. The van der Waals surface area contributed by atoms with E-state index in [1.54, 1.807) is 13.1 Å². The minimum atomic E-state index is -3.71. The van der Waals surface area contributed by atoms with Gasteiger partial charge in [-0.15, -0.1) is 11.3 Å². The van der Waals surface area contributed by atoms with Crippen LogP contribution in [0.2, 0.25) is 0 Å². The molecule has 0 spiro atoms. The van der Waals surface area contributed by atoms with Crippen LogP contribution in [-0.4, -0.2) is 28.8 Å². The first-order valence-corrected chi connectivity index (χ1v) is 11.3. The average Bonchev–Trinajstić information content (AvgIpc) is 3.28. The molecule has 2 aromatic heterocycles. The van der Waals surface area contributed by atoms with Crippen molar-refractivity contribution < 1.29 is 12.8 Å². The maximum absolute atomic E-state index is 13.2. The van der Waals surface area contributed by atoms with Crippen molar-refractivity contribution in [3.8, 4) is 10.6 Å². The molecule has 29 heavy (non-hydrogen) atoms. The fourth-order valence-electron chi connectivity index (χ4n) is 3.51. The Balaban J connectivity index is 1.48. The second-order valence-corrected chi connectivity index (χ2v) is 9.92. The van der Waals surface area contributed by atoms with Crippen LogP contribution in [0, 0.1) is 0 Å². The van der Waals surface area contributed by atoms with Crippen molar-refractivity contribution in [3.63, 3.8) is 0 Å². The van der Waals surface area contributed by atoms with E-state index < -0.39 is 15.8 Å². The Bertz CT molecular complexity index is 1380. The van der Waals surface area contributed by atoms with Gasteiger partial charge in [0.25, 0.3) is 0 Å². The zero-order valence-electron chi connectivity index (χ0n) is 15.5. The molecule has 1 aliphatic heterocycles. The van der Waals surface area contributed by atoms with E-state index in [1.807, 2.05) is 30.3 Å². The van der Waals surface area contributed by atoms with Crippen molar-refractivity contribution in [2.45, 2.75) is 17.9 Å². The van der Waals surface area contributed by atoms with Gasteiger partial charge < -0.3 is 4.42 Å². The van der Waals surface area contributed by atoms with Gasteiger partial charge in [0, 0.05) is 36.5 Å². The number of aromatic nitrogens is 2. The largest absolute Gasteiger partial charge is 0.419 e. The number of fused-ring (bicyclic) bond motifs is 2. The van der Waals surface area contributed by atoms with E-state index in [9.17, 15) is 13.2 Å². The summed E-state index contributed by atoms with van der Waals surface area (Å²) in [7, 11) is -2.13. The maximum Gasteiger partial charge on any atom is 0.419 e. The summed E-state index contributed by atoms with van der Waals surface area (Å²) in [5, 5.41) is 0.905. The number of rotatable bonds is 3. The Morgan fingerprint density at radius 3 is 2.72 bits per heavy atom. The van der Waals surface area contributed by atoms with Crippen LogP contribution in [0.3, 0.4) is 0 Å². The van der Waals surface area contributed by atoms with Crippen molar-refractivity contribution in [3.05, 3.63) is 69.7 Å². The fraction of sp³-hybridized carbons (Fsp3) is 0.200. The van der Waals surface area contributed by atoms with Crippen LogP contribution in [0.15, 0.2) is 62.6 Å². The van der Waals surface area contributed by atoms with Gasteiger partial charge in [0.2, 0.25) is 10.0 Å². The number of oxazole rings is 1. The van der Waals surface area contributed by atoms with Crippen molar-refractivity contribution in [1.29, 1.82) is 0 Å². The highest BCUT2D eigenvalue weighted by molar-refractivity contribution is 7.89. The molecular formula is C20H17N3O4S2. The van der Waals surface area contributed by atoms with Gasteiger partial charge in [-0.2, -0.15) is 4.31 Å². The lowest BCUT2D eigenvalue weighted by Crippen LogP contribution is -2.35. The van der Waals surface area contributed by atoms with Crippen molar-refractivity contribution in [2.75, 3.05) is 6.54 Å². The van der Waals surface area contributed by atoms with E-state index in [1.165, 1.54) is 32.3 Å². The lowest BCUT2D eigenvalue weighted by Gasteiger charge is -2.25. The van der Waals surface area contributed by atoms with Crippen molar-refractivity contribution >= 4 is 32.5 Å². The highest BCUT2D eigenvalue weighted by atomic mass is 32.2. The second kappa shape index (κ2) is 6.65. The fourth-order valence-corrected chi connectivity index (χ4v) is 6.14. The molecule has 0 fully saturated rings. The second-order valence-electron chi connectivity index (χ2n) is 6.90. The molecule has 0 saturated carbocycles. The molecule has 0 aliphatic carbocycles. The van der Waals surface area contributed by atoms with E-state index in [-0.39, 0.29) is 10.5 Å². The molecule has 5 rings (SSSR count). The third-order valence-electron chi connectivity index (χ3n) is 5.12. The first-order chi connectivity index (χ1) is 13.9. The molecule has 0 radical (unpaired) electrons. The molecule has 7 nitrogen and oxygen atoms in total. The molecule has 3 heterocycles.